The van der Waals surface area contributed by atoms with Crippen molar-refractivity contribution in [3.63, 3.8) is 0 Å². The van der Waals surface area contributed by atoms with Gasteiger partial charge in [-0.3, -0.25) is 0 Å². The lowest BCUT2D eigenvalue weighted by Crippen LogP contribution is -2.43. The van der Waals surface area contributed by atoms with Gasteiger partial charge in [0.1, 0.15) is 19.8 Å². The quantitative estimate of drug-likeness (QED) is 0.395. The fourth-order valence-corrected chi connectivity index (χ4v) is 0.580. The zero-order valence-corrected chi connectivity index (χ0v) is 7.10. The molecule has 0 spiro atoms. The van der Waals surface area contributed by atoms with Gasteiger partial charge in [0.25, 0.3) is 0 Å². The van der Waals surface area contributed by atoms with Gasteiger partial charge in [-0.15, -0.1) is 0 Å². The maximum Gasteiger partial charge on any atom is 0.139 e. The Kier molecular flexibility index (Phi) is 6.17. The van der Waals surface area contributed by atoms with Gasteiger partial charge in [-0.2, -0.15) is 9.68 Å². The summed E-state index contributed by atoms with van der Waals surface area (Å²) in [5.41, 5.74) is 0. The van der Waals surface area contributed by atoms with Gasteiger partial charge in [0.2, 0.25) is 0 Å². The molecule has 0 aromatic heterocycles. The normalized spacial score (nSPS) is 12.0. The summed E-state index contributed by atoms with van der Waals surface area (Å²) < 4.78 is 0. The van der Waals surface area contributed by atoms with Crippen LogP contribution in [0.1, 0.15) is 6.92 Å². The van der Waals surface area contributed by atoms with Gasteiger partial charge in [-0.05, 0) is 6.92 Å². The Morgan fingerprint density at radius 3 is 1.83 bits per heavy atom. The molecule has 0 aliphatic carbocycles. The Morgan fingerprint density at radius 2 is 1.58 bits per heavy atom. The van der Waals surface area contributed by atoms with E-state index in [1.165, 1.54) is 0 Å². The first-order valence-corrected chi connectivity index (χ1v) is 3.78. The van der Waals surface area contributed by atoms with E-state index in [9.17, 15) is 5.21 Å². The Hall–Kier alpha value is -0.240. The van der Waals surface area contributed by atoms with E-state index in [1.807, 2.05) is 0 Å². The molecule has 0 atom stereocenters. The van der Waals surface area contributed by atoms with E-state index in [2.05, 4.69) is 9.68 Å². The highest BCUT2D eigenvalue weighted by Crippen LogP contribution is 2.05. The highest BCUT2D eigenvalue weighted by molar-refractivity contribution is 4.20. The topological polar surface area (TPSA) is 82.0 Å². The Morgan fingerprint density at radius 1 is 1.17 bits per heavy atom. The maximum absolute atomic E-state index is 11.3. The predicted molar refractivity (Wildman–Crippen MR) is 40.2 cm³/mol. The minimum Gasteiger partial charge on any atom is -0.564 e. The second-order valence-corrected chi connectivity index (χ2v) is 2.04. The molecule has 0 aromatic carbocycles. The Bertz CT molecular complexity index is 102. The molecule has 0 aromatic rings. The largest absolute Gasteiger partial charge is 0.564 e. The molecular formula is C6H15NO5. The minimum atomic E-state index is -1.29. The molecule has 0 bridgehead atoms. The summed E-state index contributed by atoms with van der Waals surface area (Å²) >= 11 is 0. The average molecular weight is 181 g/mol. The summed E-state index contributed by atoms with van der Waals surface area (Å²) in [5.74, 6) is 0. The summed E-state index contributed by atoms with van der Waals surface area (Å²) in [6, 6.07) is 0. The number of nitrogens with zero attached hydrogens (tertiary/aromatic N) is 1. The molecule has 0 aliphatic heterocycles. The molecule has 0 aliphatic rings. The molecule has 74 valence electrons. The molecule has 0 heterocycles. The molecule has 0 unspecified atom stereocenters. The Labute approximate surface area is 71.0 Å². The van der Waals surface area contributed by atoms with Crippen LogP contribution in [-0.4, -0.2) is 48.2 Å². The van der Waals surface area contributed by atoms with E-state index in [1.54, 1.807) is 6.92 Å². The number of quaternary nitrogens is 1. The molecule has 0 radical (unpaired) electrons. The van der Waals surface area contributed by atoms with E-state index >= 15 is 0 Å². The SMILES string of the molecule is CC[N+]([O-])(OCCO)OCCO. The van der Waals surface area contributed by atoms with Crippen LogP contribution in [0, 0.1) is 5.21 Å². The predicted octanol–water partition coefficient (Wildman–Crippen LogP) is -0.831. The zero-order chi connectivity index (χ0) is 9.45. The van der Waals surface area contributed by atoms with Gasteiger partial charge < -0.3 is 15.4 Å². The van der Waals surface area contributed by atoms with Crippen molar-refractivity contribution in [2.45, 2.75) is 6.92 Å². The molecule has 2 N–H and O–H groups in total. The second kappa shape index (κ2) is 6.30. The standard InChI is InChI=1S/C6H15NO5/c1-2-7(10,11-5-3-8)12-6-4-9/h8-9H,2-6H2,1H3. The van der Waals surface area contributed by atoms with Gasteiger partial charge in [0.05, 0.1) is 13.2 Å². The van der Waals surface area contributed by atoms with Crippen molar-refractivity contribution in [3.8, 4) is 0 Å². The summed E-state index contributed by atoms with van der Waals surface area (Å²) in [5, 5.41) is 28.0. The number of hydroxylamine groups is 3. The van der Waals surface area contributed by atoms with Gasteiger partial charge in [0, 0.05) is 0 Å². The van der Waals surface area contributed by atoms with Crippen LogP contribution in [0.3, 0.4) is 0 Å². The number of aliphatic hydroxyl groups is 2. The fourth-order valence-electron chi connectivity index (χ4n) is 0.580. The van der Waals surface area contributed by atoms with Crippen molar-refractivity contribution < 1.29 is 24.9 Å². The molecule has 6 heteroatoms. The lowest BCUT2D eigenvalue weighted by molar-refractivity contribution is -1.21. The van der Waals surface area contributed by atoms with Gasteiger partial charge in [-0.1, -0.05) is 4.97 Å². The molecule has 0 amide bonds. The highest BCUT2D eigenvalue weighted by Gasteiger charge is 2.17. The summed E-state index contributed by atoms with van der Waals surface area (Å²) in [6.45, 7) is 1.03. The summed E-state index contributed by atoms with van der Waals surface area (Å²) in [4.78, 5) is 7.97. The number of hydrogen-bond donors (Lipinski definition) is 2. The van der Waals surface area contributed by atoms with Crippen molar-refractivity contribution in [3.05, 3.63) is 5.21 Å². The molecule has 0 saturated heterocycles. The van der Waals surface area contributed by atoms with E-state index in [0.29, 0.717) is 0 Å². The maximum atomic E-state index is 11.3. The molecule has 0 saturated carbocycles. The number of rotatable bonds is 7. The van der Waals surface area contributed by atoms with E-state index in [0.717, 1.165) is 0 Å². The second-order valence-electron chi connectivity index (χ2n) is 2.04. The van der Waals surface area contributed by atoms with Gasteiger partial charge >= 0.3 is 0 Å². The van der Waals surface area contributed by atoms with E-state index < -0.39 is 4.97 Å². The van der Waals surface area contributed by atoms with Crippen molar-refractivity contribution >= 4 is 0 Å². The highest BCUT2D eigenvalue weighted by atomic mass is 17.2. The molecule has 0 fully saturated rings. The number of hydrogen-bond acceptors (Lipinski definition) is 5. The smallest absolute Gasteiger partial charge is 0.139 e. The van der Waals surface area contributed by atoms with Crippen molar-refractivity contribution in [2.75, 3.05) is 33.0 Å². The minimum absolute atomic E-state index is 0.0694. The van der Waals surface area contributed by atoms with Crippen LogP contribution in [0.15, 0.2) is 0 Å². The van der Waals surface area contributed by atoms with Crippen LogP contribution in [0.25, 0.3) is 0 Å². The molecular weight excluding hydrogens is 166 g/mol. The monoisotopic (exact) mass is 181 g/mol. The van der Waals surface area contributed by atoms with E-state index in [4.69, 9.17) is 10.2 Å². The van der Waals surface area contributed by atoms with Gasteiger partial charge in [-0.25, -0.2) is 0 Å². The summed E-state index contributed by atoms with van der Waals surface area (Å²) in [7, 11) is 0. The first-order valence-electron chi connectivity index (χ1n) is 3.78. The van der Waals surface area contributed by atoms with Crippen LogP contribution in [0.5, 0.6) is 0 Å². The third kappa shape index (κ3) is 4.60. The van der Waals surface area contributed by atoms with Crippen LogP contribution in [-0.2, 0) is 9.68 Å². The fraction of sp³-hybridized carbons (Fsp3) is 1.00. The van der Waals surface area contributed by atoms with E-state index in [-0.39, 0.29) is 33.0 Å². The third-order valence-corrected chi connectivity index (χ3v) is 1.15. The average Bonchev–Trinajstić information content (AvgIpc) is 2.11. The van der Waals surface area contributed by atoms with Crippen LogP contribution in [0.4, 0.5) is 0 Å². The first-order chi connectivity index (χ1) is 5.68. The van der Waals surface area contributed by atoms with Crippen LogP contribution >= 0.6 is 0 Å². The zero-order valence-electron chi connectivity index (χ0n) is 7.10. The van der Waals surface area contributed by atoms with Crippen LogP contribution in [0.2, 0.25) is 0 Å². The van der Waals surface area contributed by atoms with Crippen molar-refractivity contribution in [1.29, 1.82) is 0 Å². The molecule has 6 nitrogen and oxygen atoms in total. The van der Waals surface area contributed by atoms with Crippen molar-refractivity contribution in [1.82, 2.24) is 0 Å². The number of aliphatic hydroxyl groups excluding tert-OH is 2. The molecule has 12 heavy (non-hydrogen) atoms. The lowest BCUT2D eigenvalue weighted by Gasteiger charge is -2.33. The Balaban J connectivity index is 3.70. The first kappa shape index (κ1) is 11.8. The van der Waals surface area contributed by atoms with Crippen molar-refractivity contribution in [2.24, 2.45) is 0 Å². The lowest BCUT2D eigenvalue weighted by atomic mass is 10.8. The molecule has 0 rings (SSSR count). The third-order valence-electron chi connectivity index (χ3n) is 1.15. The summed E-state index contributed by atoms with van der Waals surface area (Å²) in [6.07, 6.45) is 0. The van der Waals surface area contributed by atoms with Crippen LogP contribution < -0.4 is 0 Å². The van der Waals surface area contributed by atoms with Gasteiger partial charge in [0.15, 0.2) is 0 Å².